The van der Waals surface area contributed by atoms with Crippen LogP contribution >= 0.6 is 0 Å². The third-order valence-electron chi connectivity index (χ3n) is 5.08. The molecule has 28 heavy (non-hydrogen) atoms. The van der Waals surface area contributed by atoms with E-state index >= 15 is 0 Å². The fourth-order valence-electron chi connectivity index (χ4n) is 3.14. The van der Waals surface area contributed by atoms with Crippen molar-refractivity contribution < 1.29 is 9.18 Å². The van der Waals surface area contributed by atoms with Crippen molar-refractivity contribution in [2.45, 2.75) is 46.3 Å². The Bertz CT molecular complexity index is 950. The van der Waals surface area contributed by atoms with Gasteiger partial charge in [0.2, 0.25) is 0 Å². The highest BCUT2D eigenvalue weighted by atomic mass is 19.1. The van der Waals surface area contributed by atoms with Crippen molar-refractivity contribution in [2.24, 2.45) is 0 Å². The number of benzene rings is 2. The minimum atomic E-state index is -0.288. The highest BCUT2D eigenvalue weighted by Gasteiger charge is 2.22. The van der Waals surface area contributed by atoms with Gasteiger partial charge in [-0.3, -0.25) is 9.48 Å². The summed E-state index contributed by atoms with van der Waals surface area (Å²) in [4.78, 5) is 15.0. The van der Waals surface area contributed by atoms with E-state index in [9.17, 15) is 9.18 Å². The Hall–Kier alpha value is -2.95. The van der Waals surface area contributed by atoms with Gasteiger partial charge < -0.3 is 4.90 Å². The van der Waals surface area contributed by atoms with E-state index in [1.54, 1.807) is 29.3 Å². The minimum Gasteiger partial charge on any atom is -0.332 e. The van der Waals surface area contributed by atoms with Gasteiger partial charge in [-0.25, -0.2) is 4.39 Å². The molecule has 0 unspecified atom stereocenters. The standard InChI is InChI=1S/C23H26FN3O/c1-4-17(3)27(16-20-9-6-7-12-22(20)24)23(28)19-11-8-10-18(13-19)21-14-25-26(5-2)15-21/h6-15,17H,4-5,16H2,1-3H3/t17-/m0/s1. The number of hydrogen-bond donors (Lipinski definition) is 0. The quantitative estimate of drug-likeness (QED) is 0.569. The van der Waals surface area contributed by atoms with Crippen molar-refractivity contribution in [2.75, 3.05) is 0 Å². The summed E-state index contributed by atoms with van der Waals surface area (Å²) in [5.41, 5.74) is 3.04. The molecule has 0 saturated carbocycles. The number of amides is 1. The average molecular weight is 379 g/mol. The number of rotatable bonds is 7. The van der Waals surface area contributed by atoms with E-state index in [1.807, 2.05) is 55.9 Å². The number of carbonyl (C=O) groups excluding carboxylic acids is 1. The fourth-order valence-corrected chi connectivity index (χ4v) is 3.14. The van der Waals surface area contributed by atoms with Crippen molar-refractivity contribution in [1.29, 1.82) is 0 Å². The Kier molecular flexibility index (Phi) is 6.24. The van der Waals surface area contributed by atoms with Gasteiger partial charge >= 0.3 is 0 Å². The normalized spacial score (nSPS) is 12.0. The number of aromatic nitrogens is 2. The predicted molar refractivity (Wildman–Crippen MR) is 109 cm³/mol. The van der Waals surface area contributed by atoms with E-state index in [0.717, 1.165) is 24.1 Å². The second-order valence-electron chi connectivity index (χ2n) is 6.95. The van der Waals surface area contributed by atoms with Gasteiger partial charge in [0.05, 0.1) is 6.20 Å². The van der Waals surface area contributed by atoms with Crippen LogP contribution in [0.3, 0.4) is 0 Å². The lowest BCUT2D eigenvalue weighted by Crippen LogP contribution is -2.38. The number of hydrogen-bond acceptors (Lipinski definition) is 2. The maximum Gasteiger partial charge on any atom is 0.254 e. The van der Waals surface area contributed by atoms with Crippen LogP contribution in [0, 0.1) is 5.82 Å². The second-order valence-corrected chi connectivity index (χ2v) is 6.95. The van der Waals surface area contributed by atoms with Crippen LogP contribution in [-0.2, 0) is 13.1 Å². The van der Waals surface area contributed by atoms with E-state index in [2.05, 4.69) is 5.10 Å². The number of aryl methyl sites for hydroxylation is 1. The zero-order valence-electron chi connectivity index (χ0n) is 16.6. The topological polar surface area (TPSA) is 38.1 Å². The molecule has 1 amide bonds. The fraction of sp³-hybridized carbons (Fsp3) is 0.304. The maximum atomic E-state index is 14.2. The van der Waals surface area contributed by atoms with Crippen LogP contribution in [0.25, 0.3) is 11.1 Å². The molecule has 0 radical (unpaired) electrons. The largest absolute Gasteiger partial charge is 0.332 e. The Morgan fingerprint density at radius 2 is 1.93 bits per heavy atom. The third kappa shape index (κ3) is 4.30. The number of nitrogens with zero attached hydrogens (tertiary/aromatic N) is 3. The lowest BCUT2D eigenvalue weighted by Gasteiger charge is -2.29. The SMILES string of the molecule is CC[C@H](C)N(Cc1ccccc1F)C(=O)c1cccc(-c2cnn(CC)c2)c1. The highest BCUT2D eigenvalue weighted by Crippen LogP contribution is 2.23. The van der Waals surface area contributed by atoms with Crippen LogP contribution in [0.15, 0.2) is 60.9 Å². The summed E-state index contributed by atoms with van der Waals surface area (Å²) in [6, 6.07) is 14.2. The Morgan fingerprint density at radius 1 is 1.14 bits per heavy atom. The zero-order valence-corrected chi connectivity index (χ0v) is 16.6. The van der Waals surface area contributed by atoms with E-state index in [4.69, 9.17) is 0 Å². The molecule has 146 valence electrons. The first-order valence-electron chi connectivity index (χ1n) is 9.70. The van der Waals surface area contributed by atoms with Gasteiger partial charge in [-0.15, -0.1) is 0 Å². The minimum absolute atomic E-state index is 0.00129. The van der Waals surface area contributed by atoms with Crippen LogP contribution < -0.4 is 0 Å². The molecule has 0 aliphatic rings. The maximum absolute atomic E-state index is 14.2. The summed E-state index contributed by atoms with van der Waals surface area (Å²) in [7, 11) is 0. The third-order valence-corrected chi connectivity index (χ3v) is 5.08. The van der Waals surface area contributed by atoms with Gasteiger partial charge in [0, 0.05) is 42.0 Å². The molecule has 1 aromatic heterocycles. The van der Waals surface area contributed by atoms with Crippen molar-refractivity contribution in [3.63, 3.8) is 0 Å². The lowest BCUT2D eigenvalue weighted by molar-refractivity contribution is 0.0669. The summed E-state index contributed by atoms with van der Waals surface area (Å²) in [6.45, 7) is 7.10. The lowest BCUT2D eigenvalue weighted by atomic mass is 10.0. The molecule has 0 aliphatic heterocycles. The van der Waals surface area contributed by atoms with Crippen molar-refractivity contribution in [1.82, 2.24) is 14.7 Å². The number of carbonyl (C=O) groups is 1. The second kappa shape index (κ2) is 8.83. The van der Waals surface area contributed by atoms with E-state index in [-0.39, 0.29) is 24.3 Å². The number of halogens is 1. The Morgan fingerprint density at radius 3 is 2.61 bits per heavy atom. The van der Waals surface area contributed by atoms with E-state index in [1.165, 1.54) is 6.07 Å². The molecule has 0 fully saturated rings. The zero-order chi connectivity index (χ0) is 20.1. The van der Waals surface area contributed by atoms with Gasteiger partial charge in [0.15, 0.2) is 0 Å². The van der Waals surface area contributed by atoms with Crippen LogP contribution in [0.4, 0.5) is 4.39 Å². The molecule has 4 nitrogen and oxygen atoms in total. The molecule has 0 spiro atoms. The first-order chi connectivity index (χ1) is 13.5. The molecule has 0 N–H and O–H groups in total. The molecule has 1 atom stereocenters. The first-order valence-corrected chi connectivity index (χ1v) is 9.70. The first kappa shape index (κ1) is 19.8. The van der Waals surface area contributed by atoms with Crippen LogP contribution in [0.2, 0.25) is 0 Å². The van der Waals surface area contributed by atoms with Gasteiger partial charge in [-0.05, 0) is 44.0 Å². The molecule has 2 aromatic carbocycles. The predicted octanol–water partition coefficient (Wildman–Crippen LogP) is 5.15. The van der Waals surface area contributed by atoms with E-state index < -0.39 is 0 Å². The van der Waals surface area contributed by atoms with Gasteiger partial charge in [0.25, 0.3) is 5.91 Å². The average Bonchev–Trinajstić information content (AvgIpc) is 3.21. The molecule has 0 saturated heterocycles. The van der Waals surface area contributed by atoms with Crippen LogP contribution in [0.1, 0.15) is 43.1 Å². The molecule has 0 aliphatic carbocycles. The van der Waals surface area contributed by atoms with E-state index in [0.29, 0.717) is 11.1 Å². The monoisotopic (exact) mass is 379 g/mol. The van der Waals surface area contributed by atoms with Crippen LogP contribution in [0.5, 0.6) is 0 Å². The summed E-state index contributed by atoms with van der Waals surface area (Å²) in [5, 5.41) is 4.31. The van der Waals surface area contributed by atoms with Crippen molar-refractivity contribution in [3.05, 3.63) is 77.9 Å². The van der Waals surface area contributed by atoms with Gasteiger partial charge in [-0.2, -0.15) is 5.10 Å². The summed E-state index contributed by atoms with van der Waals surface area (Å²) in [5.74, 6) is -0.383. The molecule has 3 aromatic rings. The van der Waals surface area contributed by atoms with Crippen molar-refractivity contribution >= 4 is 5.91 Å². The van der Waals surface area contributed by atoms with Crippen molar-refractivity contribution in [3.8, 4) is 11.1 Å². The molecular weight excluding hydrogens is 353 g/mol. The summed E-state index contributed by atoms with van der Waals surface area (Å²) in [6.07, 6.45) is 4.57. The Labute approximate surface area is 165 Å². The highest BCUT2D eigenvalue weighted by molar-refractivity contribution is 5.95. The summed E-state index contributed by atoms with van der Waals surface area (Å²) >= 11 is 0. The molecule has 3 rings (SSSR count). The summed E-state index contributed by atoms with van der Waals surface area (Å²) < 4.78 is 16.0. The smallest absolute Gasteiger partial charge is 0.254 e. The van der Waals surface area contributed by atoms with Gasteiger partial charge in [0.1, 0.15) is 5.82 Å². The molecule has 0 bridgehead atoms. The van der Waals surface area contributed by atoms with Crippen LogP contribution in [-0.4, -0.2) is 26.6 Å². The molecule has 5 heteroatoms. The Balaban J connectivity index is 1.90. The molecular formula is C23H26FN3O. The van der Waals surface area contributed by atoms with Gasteiger partial charge in [-0.1, -0.05) is 37.3 Å². The molecule has 1 heterocycles.